The molecule has 16 nitrogen and oxygen atoms in total. The molecule has 0 spiro atoms. The van der Waals surface area contributed by atoms with E-state index in [2.05, 4.69) is 10.3 Å². The number of oxime groups is 2. The first-order chi connectivity index (χ1) is 25.4. The Hall–Kier alpha value is -4.52. The molecule has 0 amide bonds. The van der Waals surface area contributed by atoms with Gasteiger partial charge in [-0.05, 0) is 60.8 Å². The average molecular weight is 789 g/mol. The van der Waals surface area contributed by atoms with E-state index in [-0.39, 0.29) is 93.3 Å². The Bertz CT molecular complexity index is 1980. The molecule has 2 fully saturated rings. The predicted octanol–water partition coefficient (Wildman–Crippen LogP) is 3.65. The van der Waals surface area contributed by atoms with Crippen LogP contribution in [0, 0.1) is 23.7 Å². The first-order valence-electron chi connectivity index (χ1n) is 17.7. The number of carboxylic acid groups (broad SMARTS) is 2. The normalized spacial score (nSPS) is 22.1. The van der Waals surface area contributed by atoms with Crippen molar-refractivity contribution in [3.63, 3.8) is 0 Å². The summed E-state index contributed by atoms with van der Waals surface area (Å²) in [4.78, 5) is 57.3. The minimum Gasteiger partial charge on any atom is -0.481 e. The van der Waals surface area contributed by atoms with Gasteiger partial charge in [-0.2, -0.15) is 8.61 Å². The Kier molecular flexibility index (Phi) is 12.4. The number of carbonyl (C=O) groups is 4. The van der Waals surface area contributed by atoms with Gasteiger partial charge in [0.1, 0.15) is 11.4 Å². The van der Waals surface area contributed by atoms with Crippen LogP contribution in [0.3, 0.4) is 0 Å². The van der Waals surface area contributed by atoms with E-state index in [0.29, 0.717) is 0 Å². The lowest BCUT2D eigenvalue weighted by Gasteiger charge is -2.34. The summed E-state index contributed by atoms with van der Waals surface area (Å²) in [6, 6.07) is 8.10. The van der Waals surface area contributed by atoms with E-state index in [4.69, 9.17) is 19.9 Å². The highest BCUT2D eigenvalue weighted by atomic mass is 32.2. The van der Waals surface area contributed by atoms with Crippen molar-refractivity contribution in [2.45, 2.75) is 76.0 Å². The van der Waals surface area contributed by atoms with Crippen LogP contribution in [0.5, 0.6) is 0 Å². The number of nitrogens with zero attached hydrogens (tertiary/aromatic N) is 4. The van der Waals surface area contributed by atoms with Crippen LogP contribution in [-0.2, 0) is 48.9 Å². The molecule has 292 valence electrons. The zero-order chi connectivity index (χ0) is 39.5. The molecule has 3 aliphatic rings. The molecule has 0 radical (unpaired) electrons. The van der Waals surface area contributed by atoms with Gasteiger partial charge in [0, 0.05) is 48.4 Å². The fourth-order valence-corrected chi connectivity index (χ4v) is 10.7. The summed E-state index contributed by atoms with van der Waals surface area (Å²) >= 11 is 0. The SMILES string of the molecule is C[C@@H]1C[C@H](C)CN(S(=O)(=O)c2ccc3c(c2)C(=NOC(=O)CCC(=O)O)c2cc(S(=O)(=O)N4C[C@H](C)C[C@H](C)C4)ccc2C3=NOC(=O)CCC(=O)O)C1. The van der Waals surface area contributed by atoms with Gasteiger partial charge in [-0.15, -0.1) is 0 Å². The van der Waals surface area contributed by atoms with Gasteiger partial charge in [-0.1, -0.05) is 50.1 Å². The highest BCUT2D eigenvalue weighted by Crippen LogP contribution is 2.35. The second-order valence-corrected chi connectivity index (χ2v) is 18.4. The Labute approximate surface area is 313 Å². The molecule has 1 aliphatic carbocycles. The third kappa shape index (κ3) is 9.22. The smallest absolute Gasteiger partial charge is 0.335 e. The van der Waals surface area contributed by atoms with Crippen molar-refractivity contribution in [3.05, 3.63) is 58.7 Å². The summed E-state index contributed by atoms with van der Waals surface area (Å²) in [5.41, 5.74) is 0.207. The van der Waals surface area contributed by atoms with Gasteiger partial charge in [-0.3, -0.25) is 9.59 Å². The number of rotatable bonds is 12. The molecule has 2 heterocycles. The number of carbonyl (C=O) groups excluding carboxylic acids is 2. The molecule has 2 N–H and O–H groups in total. The van der Waals surface area contributed by atoms with Crippen molar-refractivity contribution in [1.82, 2.24) is 8.61 Å². The van der Waals surface area contributed by atoms with Crippen molar-refractivity contribution in [3.8, 4) is 0 Å². The molecule has 2 aromatic carbocycles. The van der Waals surface area contributed by atoms with Crippen molar-refractivity contribution in [1.29, 1.82) is 0 Å². The van der Waals surface area contributed by atoms with E-state index in [1.54, 1.807) is 0 Å². The van der Waals surface area contributed by atoms with E-state index in [1.807, 2.05) is 27.7 Å². The quantitative estimate of drug-likeness (QED) is 0.198. The molecule has 2 aromatic rings. The molecule has 0 aromatic heterocycles. The predicted molar refractivity (Wildman–Crippen MR) is 193 cm³/mol. The molecule has 54 heavy (non-hydrogen) atoms. The Balaban J connectivity index is 1.69. The summed E-state index contributed by atoms with van der Waals surface area (Å²) in [5, 5.41) is 26.2. The summed E-state index contributed by atoms with van der Waals surface area (Å²) < 4.78 is 59.1. The zero-order valence-electron chi connectivity index (χ0n) is 30.4. The first-order valence-corrected chi connectivity index (χ1v) is 20.5. The molecule has 2 saturated heterocycles. The number of piperidine rings is 2. The lowest BCUT2D eigenvalue weighted by Crippen LogP contribution is -2.42. The van der Waals surface area contributed by atoms with Crippen molar-refractivity contribution in [2.24, 2.45) is 34.0 Å². The number of hydrogen-bond acceptors (Lipinski definition) is 12. The number of aliphatic carboxylic acids is 2. The van der Waals surface area contributed by atoms with E-state index in [0.717, 1.165) is 12.8 Å². The molecule has 5 rings (SSSR count). The molecule has 0 bridgehead atoms. The molecule has 18 heteroatoms. The van der Waals surface area contributed by atoms with Crippen molar-refractivity contribution in [2.75, 3.05) is 26.2 Å². The molecule has 0 saturated carbocycles. The number of carboxylic acids is 2. The fraction of sp³-hybridized carbons (Fsp3) is 0.500. The largest absolute Gasteiger partial charge is 0.481 e. The standard InChI is InChI=1S/C36H44N4O12S2/c1-21-13-22(2)18-39(17-21)53(47,48)25-5-7-27-29(15-25)36(38-52-34(46)12-10-32(43)44)30-16-26(54(49,50)40-19-23(3)14-24(4)20-40)6-8-28(30)35(27)37-51-33(45)11-9-31(41)42/h5-8,15-16,21-24H,9-14,17-20H2,1-4H3,(H,41,42)(H,43,44)/t21-,22+,23-,24+. The molecule has 2 aliphatic heterocycles. The van der Waals surface area contributed by atoms with Crippen LogP contribution in [0.2, 0.25) is 0 Å². The minimum atomic E-state index is -4.10. The molecular weight excluding hydrogens is 745 g/mol. The van der Waals surface area contributed by atoms with Crippen LogP contribution in [0.4, 0.5) is 0 Å². The van der Waals surface area contributed by atoms with Crippen LogP contribution in [-0.4, -0.2) is 97.1 Å². The van der Waals surface area contributed by atoms with Crippen LogP contribution < -0.4 is 0 Å². The second-order valence-electron chi connectivity index (χ2n) is 14.5. The summed E-state index contributed by atoms with van der Waals surface area (Å²) in [6.45, 7) is 8.97. The van der Waals surface area contributed by atoms with Crippen LogP contribution in [0.25, 0.3) is 0 Å². The van der Waals surface area contributed by atoms with Gasteiger partial charge in [0.2, 0.25) is 20.0 Å². The fourth-order valence-electron chi connectivity index (χ4n) is 7.26. The Morgan fingerprint density at radius 3 is 1.26 bits per heavy atom. The lowest BCUT2D eigenvalue weighted by molar-refractivity contribution is -0.147. The first kappa shape index (κ1) is 40.7. The van der Waals surface area contributed by atoms with E-state index >= 15 is 0 Å². The number of sulfonamides is 2. The summed E-state index contributed by atoms with van der Waals surface area (Å²) in [7, 11) is -8.21. The third-order valence-electron chi connectivity index (χ3n) is 9.51. The number of hydrogen-bond donors (Lipinski definition) is 2. The number of fused-ring (bicyclic) bond motifs is 2. The van der Waals surface area contributed by atoms with E-state index in [1.165, 1.54) is 45.0 Å². The van der Waals surface area contributed by atoms with Gasteiger partial charge in [0.05, 0.1) is 35.5 Å². The van der Waals surface area contributed by atoms with Crippen LogP contribution in [0.15, 0.2) is 56.5 Å². The summed E-state index contributed by atoms with van der Waals surface area (Å²) in [6.07, 6.45) is -0.413. The van der Waals surface area contributed by atoms with Crippen molar-refractivity contribution >= 4 is 55.3 Å². The van der Waals surface area contributed by atoms with Crippen molar-refractivity contribution < 1.29 is 55.9 Å². The van der Waals surface area contributed by atoms with Gasteiger partial charge < -0.3 is 19.9 Å². The zero-order valence-corrected chi connectivity index (χ0v) is 32.1. The van der Waals surface area contributed by atoms with Gasteiger partial charge in [0.25, 0.3) is 0 Å². The molecular formula is C36H44N4O12S2. The van der Waals surface area contributed by atoms with E-state index in [9.17, 15) is 36.0 Å². The topological polar surface area (TPSA) is 227 Å². The second kappa shape index (κ2) is 16.5. The van der Waals surface area contributed by atoms with Crippen LogP contribution in [0.1, 0.15) is 88.5 Å². The maximum atomic E-state index is 14.1. The maximum Gasteiger partial charge on any atom is 0.335 e. The van der Waals surface area contributed by atoms with Gasteiger partial charge in [0.15, 0.2) is 0 Å². The van der Waals surface area contributed by atoms with Gasteiger partial charge in [-0.25, -0.2) is 26.4 Å². The summed E-state index contributed by atoms with van der Waals surface area (Å²) in [5.74, 6) is -4.09. The molecule has 4 atom stereocenters. The third-order valence-corrected chi connectivity index (χ3v) is 13.2. The average Bonchev–Trinajstić information content (AvgIpc) is 3.09. The maximum absolute atomic E-state index is 14.1. The highest BCUT2D eigenvalue weighted by molar-refractivity contribution is 7.89. The Morgan fingerprint density at radius 1 is 0.593 bits per heavy atom. The minimum absolute atomic E-state index is 0.0304. The monoisotopic (exact) mass is 788 g/mol. The van der Waals surface area contributed by atoms with Crippen LogP contribution >= 0.6 is 0 Å². The highest BCUT2D eigenvalue weighted by Gasteiger charge is 2.37. The Morgan fingerprint density at radius 2 is 0.926 bits per heavy atom. The molecule has 0 unspecified atom stereocenters. The van der Waals surface area contributed by atoms with E-state index < -0.39 is 69.6 Å². The van der Waals surface area contributed by atoms with Gasteiger partial charge >= 0.3 is 23.9 Å². The lowest BCUT2D eigenvalue weighted by atomic mass is 9.83. The number of benzene rings is 2.